The SMILES string of the molecule is O=C(CSc1ccc(Br)cc1)N[C@H]1CS(=O)(=O)C[C@H]1Cl. The molecule has 1 amide bonds. The Bertz CT molecular complexity index is 591. The molecule has 1 fully saturated rings. The summed E-state index contributed by atoms with van der Waals surface area (Å²) in [6, 6.07) is 7.13. The fourth-order valence-corrected chi connectivity index (χ4v) is 5.39. The zero-order chi connectivity index (χ0) is 14.8. The van der Waals surface area contributed by atoms with Gasteiger partial charge in [-0.05, 0) is 24.3 Å². The van der Waals surface area contributed by atoms with E-state index in [9.17, 15) is 13.2 Å². The van der Waals surface area contributed by atoms with E-state index in [0.29, 0.717) is 0 Å². The van der Waals surface area contributed by atoms with Crippen molar-refractivity contribution in [1.82, 2.24) is 5.32 Å². The highest BCUT2D eigenvalue weighted by atomic mass is 79.9. The van der Waals surface area contributed by atoms with Crippen molar-refractivity contribution in [3.8, 4) is 0 Å². The quantitative estimate of drug-likeness (QED) is 0.623. The van der Waals surface area contributed by atoms with Gasteiger partial charge in [0.15, 0.2) is 9.84 Å². The number of hydrogen-bond acceptors (Lipinski definition) is 4. The van der Waals surface area contributed by atoms with Crippen molar-refractivity contribution < 1.29 is 13.2 Å². The first-order chi connectivity index (χ1) is 9.35. The zero-order valence-corrected chi connectivity index (χ0v) is 14.4. The number of hydrogen-bond donors (Lipinski definition) is 1. The maximum absolute atomic E-state index is 11.8. The Labute approximate surface area is 135 Å². The summed E-state index contributed by atoms with van der Waals surface area (Å²) in [5, 5.41) is 2.15. The van der Waals surface area contributed by atoms with Gasteiger partial charge in [-0.3, -0.25) is 4.79 Å². The molecule has 1 aliphatic rings. The third-order valence-corrected chi connectivity index (χ3v) is 6.73. The summed E-state index contributed by atoms with van der Waals surface area (Å²) in [6.45, 7) is 0. The molecule has 1 aromatic rings. The van der Waals surface area contributed by atoms with Crippen molar-refractivity contribution in [3.05, 3.63) is 28.7 Å². The lowest BCUT2D eigenvalue weighted by Crippen LogP contribution is -2.41. The molecule has 0 aromatic heterocycles. The summed E-state index contributed by atoms with van der Waals surface area (Å²) in [5.41, 5.74) is 0. The molecule has 1 saturated heterocycles. The van der Waals surface area contributed by atoms with E-state index in [-0.39, 0.29) is 23.2 Å². The molecule has 0 radical (unpaired) electrons. The van der Waals surface area contributed by atoms with Gasteiger partial charge in [-0.1, -0.05) is 15.9 Å². The van der Waals surface area contributed by atoms with E-state index in [4.69, 9.17) is 11.6 Å². The smallest absolute Gasteiger partial charge is 0.230 e. The molecule has 110 valence electrons. The van der Waals surface area contributed by atoms with Crippen LogP contribution in [0.25, 0.3) is 0 Å². The zero-order valence-electron chi connectivity index (χ0n) is 10.4. The Morgan fingerprint density at radius 1 is 1.35 bits per heavy atom. The maximum Gasteiger partial charge on any atom is 0.230 e. The third kappa shape index (κ3) is 4.65. The van der Waals surface area contributed by atoms with Crippen molar-refractivity contribution in [2.75, 3.05) is 17.3 Å². The number of nitrogens with one attached hydrogen (secondary N) is 1. The molecule has 8 heteroatoms. The average molecular weight is 399 g/mol. The van der Waals surface area contributed by atoms with Crippen LogP contribution in [0.3, 0.4) is 0 Å². The molecular weight excluding hydrogens is 386 g/mol. The minimum atomic E-state index is -3.12. The lowest BCUT2D eigenvalue weighted by Gasteiger charge is -2.14. The molecule has 4 nitrogen and oxygen atoms in total. The van der Waals surface area contributed by atoms with Crippen LogP contribution >= 0.6 is 39.3 Å². The van der Waals surface area contributed by atoms with Crippen LogP contribution in [-0.2, 0) is 14.6 Å². The van der Waals surface area contributed by atoms with E-state index in [0.717, 1.165) is 9.37 Å². The predicted octanol–water partition coefficient (Wildman–Crippen LogP) is 2.06. The first-order valence-electron chi connectivity index (χ1n) is 5.88. The minimum absolute atomic E-state index is 0.0701. The molecule has 2 atom stereocenters. The molecular formula is C12H13BrClNO3S2. The number of rotatable bonds is 4. The van der Waals surface area contributed by atoms with Crippen LogP contribution in [0.4, 0.5) is 0 Å². The number of halogens is 2. The van der Waals surface area contributed by atoms with Crippen LogP contribution in [0.5, 0.6) is 0 Å². The van der Waals surface area contributed by atoms with Gasteiger partial charge in [-0.25, -0.2) is 8.42 Å². The summed E-state index contributed by atoms with van der Waals surface area (Å²) >= 11 is 10.7. The van der Waals surface area contributed by atoms with Gasteiger partial charge in [0.25, 0.3) is 0 Å². The molecule has 2 rings (SSSR count). The number of sulfone groups is 1. The van der Waals surface area contributed by atoms with E-state index in [1.54, 1.807) is 0 Å². The van der Waals surface area contributed by atoms with Gasteiger partial charge in [0.05, 0.1) is 28.7 Å². The molecule has 1 heterocycles. The second-order valence-electron chi connectivity index (χ2n) is 4.51. The van der Waals surface area contributed by atoms with Crippen LogP contribution in [0, 0.1) is 0 Å². The lowest BCUT2D eigenvalue weighted by molar-refractivity contribution is -0.119. The van der Waals surface area contributed by atoms with Crippen LogP contribution < -0.4 is 5.32 Å². The lowest BCUT2D eigenvalue weighted by atomic mass is 10.2. The standard InChI is InChI=1S/C12H13BrClNO3S2/c13-8-1-3-9(4-2-8)19-5-12(16)15-11-7-20(17,18)6-10(11)14/h1-4,10-11H,5-7H2,(H,15,16)/t10-,11+/m1/s1. The van der Waals surface area contributed by atoms with Gasteiger partial charge in [0, 0.05) is 9.37 Å². The van der Waals surface area contributed by atoms with Crippen molar-refractivity contribution in [2.24, 2.45) is 0 Å². The summed E-state index contributed by atoms with van der Waals surface area (Å²) in [7, 11) is -3.12. The van der Waals surface area contributed by atoms with Gasteiger partial charge in [0.2, 0.25) is 5.91 Å². The number of carbonyl (C=O) groups is 1. The fraction of sp³-hybridized carbons (Fsp3) is 0.417. The van der Waals surface area contributed by atoms with E-state index in [1.807, 2.05) is 24.3 Å². The average Bonchev–Trinajstić information content (AvgIpc) is 2.61. The van der Waals surface area contributed by atoms with Gasteiger partial charge < -0.3 is 5.32 Å². The second-order valence-corrected chi connectivity index (χ2v) is 9.19. The van der Waals surface area contributed by atoms with Crippen LogP contribution in [0.1, 0.15) is 0 Å². The van der Waals surface area contributed by atoms with Gasteiger partial charge in [-0.15, -0.1) is 23.4 Å². The number of benzene rings is 1. The van der Waals surface area contributed by atoms with Crippen molar-refractivity contribution >= 4 is 55.0 Å². The molecule has 0 bridgehead atoms. The van der Waals surface area contributed by atoms with Crippen LogP contribution in [-0.4, -0.2) is 43.0 Å². The van der Waals surface area contributed by atoms with Crippen molar-refractivity contribution in [3.63, 3.8) is 0 Å². The Morgan fingerprint density at radius 2 is 2.00 bits per heavy atom. The van der Waals surface area contributed by atoms with E-state index in [1.165, 1.54) is 11.8 Å². The molecule has 0 aliphatic carbocycles. The fourth-order valence-electron chi connectivity index (χ4n) is 1.87. The molecule has 1 N–H and O–H groups in total. The van der Waals surface area contributed by atoms with Crippen molar-refractivity contribution in [1.29, 1.82) is 0 Å². The predicted molar refractivity (Wildman–Crippen MR) is 85.1 cm³/mol. The summed E-state index contributed by atoms with van der Waals surface area (Å²) in [6.07, 6.45) is 0. The molecule has 1 aliphatic heterocycles. The molecule has 0 saturated carbocycles. The molecule has 1 aromatic carbocycles. The first kappa shape index (κ1) is 16.1. The maximum atomic E-state index is 11.8. The van der Waals surface area contributed by atoms with E-state index in [2.05, 4.69) is 21.2 Å². The van der Waals surface area contributed by atoms with E-state index < -0.39 is 21.3 Å². The Kier molecular flexibility index (Phi) is 5.39. The largest absolute Gasteiger partial charge is 0.350 e. The summed E-state index contributed by atoms with van der Waals surface area (Å²) in [4.78, 5) is 12.8. The molecule has 20 heavy (non-hydrogen) atoms. The number of thioether (sulfide) groups is 1. The van der Waals surface area contributed by atoms with Gasteiger partial charge in [-0.2, -0.15) is 0 Å². The van der Waals surface area contributed by atoms with Crippen LogP contribution in [0.15, 0.2) is 33.6 Å². The molecule has 0 spiro atoms. The highest BCUT2D eigenvalue weighted by Gasteiger charge is 2.37. The number of alkyl halides is 1. The number of carbonyl (C=O) groups excluding carboxylic acids is 1. The normalized spacial score (nSPS) is 24.5. The topological polar surface area (TPSA) is 63.2 Å². The third-order valence-electron chi connectivity index (χ3n) is 2.81. The Morgan fingerprint density at radius 3 is 2.55 bits per heavy atom. The van der Waals surface area contributed by atoms with E-state index >= 15 is 0 Å². The summed E-state index contributed by atoms with van der Waals surface area (Å²) < 4.78 is 23.8. The summed E-state index contributed by atoms with van der Waals surface area (Å²) in [5.74, 6) is -0.109. The Balaban J connectivity index is 1.83. The highest BCUT2D eigenvalue weighted by molar-refractivity contribution is 9.10. The van der Waals surface area contributed by atoms with Crippen LogP contribution in [0.2, 0.25) is 0 Å². The van der Waals surface area contributed by atoms with Gasteiger partial charge in [0.1, 0.15) is 0 Å². The highest BCUT2D eigenvalue weighted by Crippen LogP contribution is 2.21. The number of amides is 1. The minimum Gasteiger partial charge on any atom is -0.350 e. The second kappa shape index (κ2) is 6.68. The van der Waals surface area contributed by atoms with Gasteiger partial charge >= 0.3 is 0 Å². The van der Waals surface area contributed by atoms with Crippen molar-refractivity contribution in [2.45, 2.75) is 16.3 Å². The molecule has 0 unspecified atom stereocenters. The Hall–Kier alpha value is -0.240. The monoisotopic (exact) mass is 397 g/mol. The first-order valence-corrected chi connectivity index (χ1v) is 9.91.